The summed E-state index contributed by atoms with van der Waals surface area (Å²) in [6, 6.07) is 11.2. The molecular weight excluding hydrogens is 373 g/mol. The molecule has 3 aromatic rings. The Morgan fingerprint density at radius 2 is 2.11 bits per heavy atom. The molecular formula is C14H8INO2S. The van der Waals surface area contributed by atoms with Crippen LogP contribution < -0.4 is 0 Å². The minimum atomic E-state index is -0.924. The Morgan fingerprint density at radius 3 is 2.79 bits per heavy atom. The van der Waals surface area contributed by atoms with Gasteiger partial charge in [-0.15, -0.1) is 11.3 Å². The number of nitrogens with zero attached hydrogens (tertiary/aromatic N) is 1. The molecule has 0 radical (unpaired) electrons. The van der Waals surface area contributed by atoms with Crippen molar-refractivity contribution in [3.8, 4) is 10.6 Å². The monoisotopic (exact) mass is 381 g/mol. The first-order valence-electron chi connectivity index (χ1n) is 5.52. The molecule has 0 aliphatic rings. The molecule has 3 rings (SSSR count). The molecule has 2 aromatic heterocycles. The topological polar surface area (TPSA) is 50.2 Å². The minimum absolute atomic E-state index is 0.298. The van der Waals surface area contributed by atoms with Crippen molar-refractivity contribution in [3.63, 3.8) is 0 Å². The zero-order valence-electron chi connectivity index (χ0n) is 9.63. The summed E-state index contributed by atoms with van der Waals surface area (Å²) in [5.74, 6) is -0.924. The summed E-state index contributed by atoms with van der Waals surface area (Å²) in [7, 11) is 0. The van der Waals surface area contributed by atoms with E-state index in [-0.39, 0.29) is 0 Å². The van der Waals surface area contributed by atoms with Crippen LogP contribution in [-0.2, 0) is 0 Å². The lowest BCUT2D eigenvalue weighted by Gasteiger charge is -2.06. The first kappa shape index (κ1) is 12.6. The van der Waals surface area contributed by atoms with Gasteiger partial charge in [-0.05, 0) is 58.3 Å². The fraction of sp³-hybridized carbons (Fsp3) is 0. The van der Waals surface area contributed by atoms with Crippen LogP contribution in [0.15, 0.2) is 41.8 Å². The second kappa shape index (κ2) is 4.90. The van der Waals surface area contributed by atoms with E-state index in [1.54, 1.807) is 17.4 Å². The van der Waals surface area contributed by atoms with Crippen LogP contribution in [0.25, 0.3) is 21.5 Å². The van der Waals surface area contributed by atoms with Gasteiger partial charge in [0.2, 0.25) is 0 Å². The quantitative estimate of drug-likeness (QED) is 0.675. The van der Waals surface area contributed by atoms with Gasteiger partial charge in [-0.2, -0.15) is 0 Å². The molecule has 0 spiro atoms. The summed E-state index contributed by atoms with van der Waals surface area (Å²) in [5, 5.41) is 12.0. The van der Waals surface area contributed by atoms with Gasteiger partial charge in [-0.1, -0.05) is 6.07 Å². The third-order valence-electron chi connectivity index (χ3n) is 2.77. The number of hydrogen-bond donors (Lipinski definition) is 1. The smallest absolute Gasteiger partial charge is 0.336 e. The fourth-order valence-electron chi connectivity index (χ4n) is 1.93. The summed E-state index contributed by atoms with van der Waals surface area (Å²) in [5.41, 5.74) is 1.72. The number of carbonyl (C=O) groups is 1. The Morgan fingerprint density at radius 1 is 1.26 bits per heavy atom. The maximum atomic E-state index is 11.4. The van der Waals surface area contributed by atoms with Gasteiger partial charge in [-0.25, -0.2) is 9.78 Å². The summed E-state index contributed by atoms with van der Waals surface area (Å²) in [4.78, 5) is 16.9. The Labute approximate surface area is 127 Å². The number of aromatic carboxylic acids is 1. The van der Waals surface area contributed by atoms with Crippen LogP contribution in [0.4, 0.5) is 0 Å². The van der Waals surface area contributed by atoms with Crippen molar-refractivity contribution in [2.75, 3.05) is 0 Å². The number of thiophene rings is 1. The Balaban J connectivity index is 2.34. The molecule has 0 aliphatic heterocycles. The SMILES string of the molecule is O=C(O)c1cc(-c2cccs2)nc2ccc(I)cc12. The summed E-state index contributed by atoms with van der Waals surface area (Å²) in [6.45, 7) is 0. The van der Waals surface area contributed by atoms with Crippen molar-refractivity contribution >= 4 is 50.8 Å². The van der Waals surface area contributed by atoms with Crippen molar-refractivity contribution in [2.24, 2.45) is 0 Å². The number of rotatable bonds is 2. The Hall–Kier alpha value is -1.47. The van der Waals surface area contributed by atoms with E-state index in [0.717, 1.165) is 8.45 Å². The minimum Gasteiger partial charge on any atom is -0.478 e. The van der Waals surface area contributed by atoms with Gasteiger partial charge in [0, 0.05) is 8.96 Å². The molecule has 3 nitrogen and oxygen atoms in total. The molecule has 1 aromatic carbocycles. The maximum absolute atomic E-state index is 11.4. The van der Waals surface area contributed by atoms with Crippen molar-refractivity contribution in [3.05, 3.63) is 50.9 Å². The van der Waals surface area contributed by atoms with Gasteiger partial charge in [0.25, 0.3) is 0 Å². The molecule has 0 aliphatic carbocycles. The van der Waals surface area contributed by atoms with Gasteiger partial charge in [-0.3, -0.25) is 0 Å². The average Bonchev–Trinajstić information content (AvgIpc) is 2.91. The molecule has 0 atom stereocenters. The molecule has 0 amide bonds. The highest BCUT2D eigenvalue weighted by Gasteiger charge is 2.13. The predicted octanol–water partition coefficient (Wildman–Crippen LogP) is 4.27. The highest BCUT2D eigenvalue weighted by Crippen LogP contribution is 2.28. The third-order valence-corrected chi connectivity index (χ3v) is 4.34. The summed E-state index contributed by atoms with van der Waals surface area (Å²) < 4.78 is 0.998. The molecule has 0 unspecified atom stereocenters. The number of halogens is 1. The average molecular weight is 381 g/mol. The summed E-state index contributed by atoms with van der Waals surface area (Å²) >= 11 is 3.72. The van der Waals surface area contributed by atoms with E-state index >= 15 is 0 Å². The standard InChI is InChI=1S/C14H8INO2S/c15-8-3-4-11-9(6-8)10(14(17)18)7-12(16-11)13-2-1-5-19-13/h1-7H,(H,17,18). The van der Waals surface area contributed by atoms with Crippen LogP contribution in [0, 0.1) is 3.57 Å². The predicted molar refractivity (Wildman–Crippen MR) is 84.7 cm³/mol. The number of pyridine rings is 1. The molecule has 0 fully saturated rings. The van der Waals surface area contributed by atoms with Gasteiger partial charge in [0.15, 0.2) is 0 Å². The molecule has 0 saturated carbocycles. The van der Waals surface area contributed by atoms with Crippen molar-refractivity contribution in [2.45, 2.75) is 0 Å². The van der Waals surface area contributed by atoms with E-state index in [9.17, 15) is 9.90 Å². The fourth-order valence-corrected chi connectivity index (χ4v) is 3.10. The normalized spacial score (nSPS) is 10.8. The van der Waals surface area contributed by atoms with Crippen molar-refractivity contribution < 1.29 is 9.90 Å². The van der Waals surface area contributed by atoms with E-state index in [1.165, 1.54) is 0 Å². The molecule has 94 valence electrons. The first-order valence-corrected chi connectivity index (χ1v) is 7.48. The van der Waals surface area contributed by atoms with Gasteiger partial charge in [0.05, 0.1) is 21.7 Å². The lowest BCUT2D eigenvalue weighted by Crippen LogP contribution is -2.00. The maximum Gasteiger partial charge on any atom is 0.336 e. The highest BCUT2D eigenvalue weighted by molar-refractivity contribution is 14.1. The number of fused-ring (bicyclic) bond motifs is 1. The number of hydrogen-bond acceptors (Lipinski definition) is 3. The first-order chi connectivity index (χ1) is 9.15. The Kier molecular flexibility index (Phi) is 3.24. The van der Waals surface area contributed by atoms with E-state index in [0.29, 0.717) is 22.2 Å². The molecule has 19 heavy (non-hydrogen) atoms. The van der Waals surface area contributed by atoms with Crippen LogP contribution in [0.2, 0.25) is 0 Å². The van der Waals surface area contributed by atoms with Crippen LogP contribution in [-0.4, -0.2) is 16.1 Å². The number of benzene rings is 1. The van der Waals surface area contributed by atoms with E-state index in [4.69, 9.17) is 0 Å². The van der Waals surface area contributed by atoms with Crippen molar-refractivity contribution in [1.82, 2.24) is 4.98 Å². The van der Waals surface area contributed by atoms with Gasteiger partial charge >= 0.3 is 5.97 Å². The molecule has 0 saturated heterocycles. The molecule has 2 heterocycles. The van der Waals surface area contributed by atoms with E-state index in [2.05, 4.69) is 27.6 Å². The van der Waals surface area contributed by atoms with Crippen LogP contribution in [0.5, 0.6) is 0 Å². The lowest BCUT2D eigenvalue weighted by molar-refractivity contribution is 0.0699. The number of carboxylic acid groups (broad SMARTS) is 1. The lowest BCUT2D eigenvalue weighted by atomic mass is 10.1. The van der Waals surface area contributed by atoms with Gasteiger partial charge in [0.1, 0.15) is 0 Å². The molecule has 5 heteroatoms. The number of aromatic nitrogens is 1. The van der Waals surface area contributed by atoms with E-state index in [1.807, 2.05) is 35.7 Å². The van der Waals surface area contributed by atoms with E-state index < -0.39 is 5.97 Å². The van der Waals surface area contributed by atoms with Gasteiger partial charge < -0.3 is 5.11 Å². The number of carboxylic acids is 1. The molecule has 0 bridgehead atoms. The zero-order valence-corrected chi connectivity index (χ0v) is 12.6. The molecule has 1 N–H and O–H groups in total. The largest absolute Gasteiger partial charge is 0.478 e. The summed E-state index contributed by atoms with van der Waals surface area (Å²) in [6.07, 6.45) is 0. The van der Waals surface area contributed by atoms with Crippen LogP contribution >= 0.6 is 33.9 Å². The second-order valence-corrected chi connectivity index (χ2v) is 6.19. The van der Waals surface area contributed by atoms with Crippen LogP contribution in [0.1, 0.15) is 10.4 Å². The van der Waals surface area contributed by atoms with Crippen LogP contribution in [0.3, 0.4) is 0 Å². The highest BCUT2D eigenvalue weighted by atomic mass is 127. The van der Waals surface area contributed by atoms with Crippen molar-refractivity contribution in [1.29, 1.82) is 0 Å². The second-order valence-electron chi connectivity index (χ2n) is 4.00. The Bertz CT molecular complexity index is 768. The third kappa shape index (κ3) is 2.35. The zero-order chi connectivity index (χ0) is 13.4.